The first-order valence-corrected chi connectivity index (χ1v) is 5.55. The van der Waals surface area contributed by atoms with E-state index >= 15 is 0 Å². The van der Waals surface area contributed by atoms with E-state index in [2.05, 4.69) is 4.74 Å². The van der Waals surface area contributed by atoms with E-state index in [-0.39, 0.29) is 17.5 Å². The highest BCUT2D eigenvalue weighted by Crippen LogP contribution is 2.07. The molecule has 0 aliphatic carbocycles. The van der Waals surface area contributed by atoms with Crippen LogP contribution < -0.4 is 0 Å². The maximum atomic E-state index is 10.6. The molecule has 0 atom stereocenters. The quantitative estimate of drug-likeness (QED) is 0.702. The van der Waals surface area contributed by atoms with Crippen LogP contribution in [0.1, 0.15) is 53.9 Å². The van der Waals surface area contributed by atoms with Gasteiger partial charge in [0.15, 0.2) is 0 Å². The van der Waals surface area contributed by atoms with Crippen LogP contribution >= 0.6 is 0 Å². The van der Waals surface area contributed by atoms with E-state index < -0.39 is 0 Å². The maximum Gasteiger partial charge on any atom is 0.306 e. The lowest BCUT2D eigenvalue weighted by Crippen LogP contribution is -2.23. The highest BCUT2D eigenvalue weighted by Gasteiger charge is 2.13. The van der Waals surface area contributed by atoms with E-state index in [4.69, 9.17) is 4.74 Å². The van der Waals surface area contributed by atoms with Gasteiger partial charge >= 0.3 is 11.9 Å². The van der Waals surface area contributed by atoms with Gasteiger partial charge in [-0.2, -0.15) is 0 Å². The summed E-state index contributed by atoms with van der Waals surface area (Å²) in [5.74, 6) is -0.259. The third-order valence-electron chi connectivity index (χ3n) is 1.39. The van der Waals surface area contributed by atoms with Crippen LogP contribution in [0.25, 0.3) is 0 Å². The number of hydrogen-bond donors (Lipinski definition) is 0. The van der Waals surface area contributed by atoms with E-state index in [1.165, 1.54) is 7.11 Å². The van der Waals surface area contributed by atoms with Crippen LogP contribution in [-0.2, 0) is 19.1 Å². The fraction of sp³-hybridized carbons (Fsp3) is 0.833. The van der Waals surface area contributed by atoms with Crippen LogP contribution in [0.5, 0.6) is 0 Å². The van der Waals surface area contributed by atoms with Crippen molar-refractivity contribution < 1.29 is 19.1 Å². The number of hydrogen-bond acceptors (Lipinski definition) is 4. The molecule has 0 aliphatic rings. The lowest BCUT2D eigenvalue weighted by atomic mass is 10.2. The van der Waals surface area contributed by atoms with Crippen molar-refractivity contribution in [2.24, 2.45) is 0 Å². The van der Waals surface area contributed by atoms with Crippen molar-refractivity contribution in [1.82, 2.24) is 0 Å². The summed E-state index contributed by atoms with van der Waals surface area (Å²) in [6.07, 6.45) is 1.86. The normalized spacial score (nSPS) is 9.88. The second kappa shape index (κ2) is 9.19. The van der Waals surface area contributed by atoms with Crippen molar-refractivity contribution in [3.8, 4) is 0 Å². The van der Waals surface area contributed by atoms with Gasteiger partial charge in [-0.3, -0.25) is 9.59 Å². The van der Waals surface area contributed by atoms with Gasteiger partial charge in [-0.1, -0.05) is 13.8 Å². The number of rotatable bonds is 3. The molecule has 0 spiro atoms. The Hall–Kier alpha value is -1.06. The van der Waals surface area contributed by atoms with Crippen LogP contribution in [0, 0.1) is 0 Å². The molecular formula is C12H24O4. The Morgan fingerprint density at radius 1 is 1.06 bits per heavy atom. The molecule has 96 valence electrons. The number of ether oxygens (including phenoxy) is 2. The monoisotopic (exact) mass is 232 g/mol. The van der Waals surface area contributed by atoms with Crippen LogP contribution in [0.2, 0.25) is 0 Å². The summed E-state index contributed by atoms with van der Waals surface area (Å²) >= 11 is 0. The SMILES string of the molecule is CCC(=O)OC(C)(C)C.CCCC(=O)OC. The van der Waals surface area contributed by atoms with E-state index in [1.807, 2.05) is 27.7 Å². The summed E-state index contributed by atoms with van der Waals surface area (Å²) in [5.41, 5.74) is -0.326. The molecule has 0 aliphatic heterocycles. The van der Waals surface area contributed by atoms with E-state index in [9.17, 15) is 9.59 Å². The Balaban J connectivity index is 0. The number of methoxy groups -OCH3 is 1. The molecule has 0 amide bonds. The lowest BCUT2D eigenvalue weighted by Gasteiger charge is -2.18. The van der Waals surface area contributed by atoms with Crippen molar-refractivity contribution in [2.45, 2.75) is 59.5 Å². The Labute approximate surface area is 98.3 Å². The van der Waals surface area contributed by atoms with Crippen LogP contribution in [0.3, 0.4) is 0 Å². The van der Waals surface area contributed by atoms with Crippen molar-refractivity contribution >= 4 is 11.9 Å². The number of esters is 2. The minimum absolute atomic E-state index is 0.123. The average Bonchev–Trinajstić information content (AvgIpc) is 2.16. The summed E-state index contributed by atoms with van der Waals surface area (Å²) in [6, 6.07) is 0. The van der Waals surface area contributed by atoms with Gasteiger partial charge in [0.05, 0.1) is 7.11 Å². The van der Waals surface area contributed by atoms with Gasteiger partial charge in [0.25, 0.3) is 0 Å². The van der Waals surface area contributed by atoms with Crippen molar-refractivity contribution in [3.05, 3.63) is 0 Å². The average molecular weight is 232 g/mol. The summed E-state index contributed by atoms with van der Waals surface area (Å²) in [4.78, 5) is 20.8. The molecule has 0 unspecified atom stereocenters. The second-order valence-corrected chi connectivity index (χ2v) is 4.27. The molecule has 0 aromatic heterocycles. The first-order valence-electron chi connectivity index (χ1n) is 5.55. The van der Waals surface area contributed by atoms with Gasteiger partial charge in [0.2, 0.25) is 0 Å². The third-order valence-corrected chi connectivity index (χ3v) is 1.39. The maximum absolute atomic E-state index is 10.6. The Morgan fingerprint density at radius 3 is 1.69 bits per heavy atom. The van der Waals surface area contributed by atoms with E-state index in [1.54, 1.807) is 6.92 Å². The molecule has 0 N–H and O–H groups in total. The standard InChI is InChI=1S/C7H14O2.C5H10O2/c1-5-6(8)9-7(2,3)4;1-3-4-5(6)7-2/h5H2,1-4H3;3-4H2,1-2H3. The first-order chi connectivity index (χ1) is 7.26. The molecule has 0 bridgehead atoms. The topological polar surface area (TPSA) is 52.6 Å². The van der Waals surface area contributed by atoms with Gasteiger partial charge in [-0.05, 0) is 27.2 Å². The summed E-state index contributed by atoms with van der Waals surface area (Å²) in [5, 5.41) is 0. The van der Waals surface area contributed by atoms with Crippen LogP contribution in [-0.4, -0.2) is 24.6 Å². The highest BCUT2D eigenvalue weighted by atomic mass is 16.6. The molecule has 0 saturated carbocycles. The van der Waals surface area contributed by atoms with Crippen LogP contribution in [0.4, 0.5) is 0 Å². The van der Waals surface area contributed by atoms with Gasteiger partial charge in [0, 0.05) is 12.8 Å². The van der Waals surface area contributed by atoms with Crippen molar-refractivity contribution in [2.75, 3.05) is 7.11 Å². The minimum atomic E-state index is -0.326. The smallest absolute Gasteiger partial charge is 0.306 e. The largest absolute Gasteiger partial charge is 0.469 e. The third kappa shape index (κ3) is 15.4. The Bertz CT molecular complexity index is 204. The van der Waals surface area contributed by atoms with Gasteiger partial charge in [-0.25, -0.2) is 0 Å². The van der Waals surface area contributed by atoms with Crippen molar-refractivity contribution in [1.29, 1.82) is 0 Å². The fourth-order valence-electron chi connectivity index (χ4n) is 0.720. The first kappa shape index (κ1) is 17.3. The minimum Gasteiger partial charge on any atom is -0.469 e. The molecule has 0 fully saturated rings. The molecule has 0 aromatic carbocycles. The summed E-state index contributed by atoms with van der Waals surface area (Å²) < 4.78 is 9.30. The van der Waals surface area contributed by atoms with E-state index in [0.717, 1.165) is 6.42 Å². The molecule has 0 saturated heterocycles. The summed E-state index contributed by atoms with van der Waals surface area (Å²) in [7, 11) is 1.40. The molecule has 16 heavy (non-hydrogen) atoms. The van der Waals surface area contributed by atoms with Crippen molar-refractivity contribution in [3.63, 3.8) is 0 Å². The Kier molecular flexibility index (Phi) is 9.96. The van der Waals surface area contributed by atoms with Gasteiger partial charge in [0.1, 0.15) is 5.60 Å². The molecule has 0 radical (unpaired) electrons. The number of carbonyl (C=O) groups is 2. The molecule has 0 aromatic rings. The predicted molar refractivity (Wildman–Crippen MR) is 63.1 cm³/mol. The predicted octanol–water partition coefficient (Wildman–Crippen LogP) is 2.70. The molecule has 4 nitrogen and oxygen atoms in total. The zero-order valence-electron chi connectivity index (χ0n) is 11.3. The van der Waals surface area contributed by atoms with Crippen LogP contribution in [0.15, 0.2) is 0 Å². The molecule has 0 heterocycles. The zero-order valence-corrected chi connectivity index (χ0v) is 11.3. The fourth-order valence-corrected chi connectivity index (χ4v) is 0.720. The van der Waals surface area contributed by atoms with Gasteiger partial charge in [-0.15, -0.1) is 0 Å². The molecule has 0 rings (SSSR count). The second-order valence-electron chi connectivity index (χ2n) is 4.27. The lowest BCUT2D eigenvalue weighted by molar-refractivity contribution is -0.154. The zero-order chi connectivity index (χ0) is 13.2. The number of carbonyl (C=O) groups excluding carboxylic acids is 2. The van der Waals surface area contributed by atoms with E-state index in [0.29, 0.717) is 12.8 Å². The Morgan fingerprint density at radius 2 is 1.56 bits per heavy atom. The summed E-state index contributed by atoms with van der Waals surface area (Å²) in [6.45, 7) is 9.31. The molecule has 4 heteroatoms. The highest BCUT2D eigenvalue weighted by molar-refractivity contribution is 5.69. The molecular weight excluding hydrogens is 208 g/mol. The van der Waals surface area contributed by atoms with Gasteiger partial charge < -0.3 is 9.47 Å².